The highest BCUT2D eigenvalue weighted by molar-refractivity contribution is 5.97. The molecular formula is C22H30N4O2. The van der Waals surface area contributed by atoms with Gasteiger partial charge in [0.05, 0.1) is 5.69 Å². The number of nitrogens with zero attached hydrogens (tertiary/aromatic N) is 2. The van der Waals surface area contributed by atoms with Gasteiger partial charge in [0.2, 0.25) is 0 Å². The van der Waals surface area contributed by atoms with E-state index < -0.39 is 0 Å². The molecule has 0 bridgehead atoms. The van der Waals surface area contributed by atoms with Crippen LogP contribution in [0.4, 0.5) is 0 Å². The minimum atomic E-state index is -0.229. The fraction of sp³-hybridized carbons (Fsp3) is 0.500. The highest BCUT2D eigenvalue weighted by atomic mass is 16.2. The fourth-order valence-electron chi connectivity index (χ4n) is 3.52. The second kappa shape index (κ2) is 9.04. The molecular weight excluding hydrogens is 352 g/mol. The first-order valence-electron chi connectivity index (χ1n) is 10.2. The predicted octanol–water partition coefficient (Wildman–Crippen LogP) is 3.23. The Balaban J connectivity index is 1.75. The number of fused-ring (bicyclic) bond motifs is 1. The number of carbonyl (C=O) groups excluding carboxylic acids is 2. The van der Waals surface area contributed by atoms with E-state index in [1.807, 2.05) is 35.8 Å². The van der Waals surface area contributed by atoms with Crippen LogP contribution in [0.5, 0.6) is 0 Å². The highest BCUT2D eigenvalue weighted by Gasteiger charge is 2.27. The molecule has 3 rings (SSSR count). The summed E-state index contributed by atoms with van der Waals surface area (Å²) in [6.07, 6.45) is 3.72. The lowest BCUT2D eigenvalue weighted by atomic mass is 10.1. The van der Waals surface area contributed by atoms with Gasteiger partial charge in [-0.05, 0) is 49.7 Å². The third-order valence-corrected chi connectivity index (χ3v) is 5.24. The van der Waals surface area contributed by atoms with Gasteiger partial charge < -0.3 is 15.2 Å². The summed E-state index contributed by atoms with van der Waals surface area (Å²) in [6.45, 7) is 8.08. The summed E-state index contributed by atoms with van der Waals surface area (Å²) in [6, 6.07) is 7.98. The maximum atomic E-state index is 12.8. The Bertz CT molecular complexity index is 854. The van der Waals surface area contributed by atoms with Crippen molar-refractivity contribution in [3.05, 3.63) is 52.6 Å². The first-order chi connectivity index (χ1) is 13.5. The number of amides is 2. The Kier molecular flexibility index (Phi) is 6.49. The quantitative estimate of drug-likeness (QED) is 0.772. The van der Waals surface area contributed by atoms with Crippen molar-refractivity contribution in [2.45, 2.75) is 59.5 Å². The lowest BCUT2D eigenvalue weighted by Crippen LogP contribution is -2.27. The molecule has 0 unspecified atom stereocenters. The molecule has 1 aromatic carbocycles. The summed E-state index contributed by atoms with van der Waals surface area (Å²) in [7, 11) is 0. The van der Waals surface area contributed by atoms with E-state index in [1.54, 1.807) is 0 Å². The summed E-state index contributed by atoms with van der Waals surface area (Å²) in [5.74, 6) is 0.466. The Morgan fingerprint density at radius 3 is 2.68 bits per heavy atom. The molecule has 2 N–H and O–H groups in total. The Hall–Kier alpha value is -2.63. The van der Waals surface area contributed by atoms with E-state index in [9.17, 15) is 9.59 Å². The van der Waals surface area contributed by atoms with E-state index in [0.29, 0.717) is 30.5 Å². The number of imidazole rings is 1. The molecule has 0 spiro atoms. The number of hydrogen-bond donors (Lipinski definition) is 2. The third kappa shape index (κ3) is 4.61. The number of aromatic nitrogens is 2. The first-order valence-corrected chi connectivity index (χ1v) is 10.2. The third-order valence-electron chi connectivity index (χ3n) is 5.24. The SMILES string of the molecule is Cc1ccccc1CNC(=O)c1nc(C(=O)NCCC(C)C)c2n1CCCC2. The standard InChI is InChI=1S/C22H30N4O2/c1-15(2)11-12-23-21(27)19-18-10-6-7-13-26(18)20(25-19)22(28)24-14-17-9-5-4-8-16(17)3/h4-5,8-9,15H,6-7,10-14H2,1-3H3,(H,23,27)(H,24,28). The molecule has 0 atom stereocenters. The molecule has 0 saturated heterocycles. The molecule has 2 aromatic rings. The molecule has 6 nitrogen and oxygen atoms in total. The van der Waals surface area contributed by atoms with Gasteiger partial charge >= 0.3 is 0 Å². The molecule has 2 amide bonds. The van der Waals surface area contributed by atoms with E-state index in [4.69, 9.17) is 0 Å². The lowest BCUT2D eigenvalue weighted by molar-refractivity contribution is 0.0935. The summed E-state index contributed by atoms with van der Waals surface area (Å²) in [5, 5.41) is 5.91. The van der Waals surface area contributed by atoms with Gasteiger partial charge in [0.25, 0.3) is 11.8 Å². The van der Waals surface area contributed by atoms with E-state index >= 15 is 0 Å². The average molecular weight is 383 g/mol. The monoisotopic (exact) mass is 382 g/mol. The van der Waals surface area contributed by atoms with Gasteiger partial charge in [0.15, 0.2) is 5.82 Å². The van der Waals surface area contributed by atoms with Crippen LogP contribution in [0, 0.1) is 12.8 Å². The zero-order chi connectivity index (χ0) is 20.1. The van der Waals surface area contributed by atoms with E-state index in [2.05, 4.69) is 29.5 Å². The van der Waals surface area contributed by atoms with Gasteiger partial charge in [-0.25, -0.2) is 4.98 Å². The van der Waals surface area contributed by atoms with Crippen molar-refractivity contribution < 1.29 is 9.59 Å². The lowest BCUT2D eigenvalue weighted by Gasteiger charge is -2.17. The summed E-state index contributed by atoms with van der Waals surface area (Å²) in [5.41, 5.74) is 3.50. The van der Waals surface area contributed by atoms with Gasteiger partial charge in [0, 0.05) is 19.6 Å². The number of aryl methyl sites for hydroxylation is 1. The molecule has 0 aliphatic carbocycles. The van der Waals surface area contributed by atoms with Crippen molar-refractivity contribution in [1.82, 2.24) is 20.2 Å². The van der Waals surface area contributed by atoms with Crippen LogP contribution >= 0.6 is 0 Å². The minimum Gasteiger partial charge on any atom is -0.351 e. The van der Waals surface area contributed by atoms with E-state index in [1.165, 1.54) is 0 Å². The van der Waals surface area contributed by atoms with Gasteiger partial charge in [0.1, 0.15) is 5.69 Å². The number of carbonyl (C=O) groups is 2. The van der Waals surface area contributed by atoms with E-state index in [-0.39, 0.29) is 11.8 Å². The van der Waals surface area contributed by atoms with Crippen LogP contribution in [-0.2, 0) is 19.5 Å². The van der Waals surface area contributed by atoms with Crippen molar-refractivity contribution in [1.29, 1.82) is 0 Å². The van der Waals surface area contributed by atoms with Gasteiger partial charge in [-0.15, -0.1) is 0 Å². The van der Waals surface area contributed by atoms with Crippen LogP contribution in [0.1, 0.15) is 71.0 Å². The van der Waals surface area contributed by atoms with Gasteiger partial charge in [-0.2, -0.15) is 0 Å². The van der Waals surface area contributed by atoms with Crippen LogP contribution in [-0.4, -0.2) is 27.9 Å². The Morgan fingerprint density at radius 1 is 1.14 bits per heavy atom. The molecule has 0 saturated carbocycles. The number of benzene rings is 1. The van der Waals surface area contributed by atoms with Crippen LogP contribution in [0.2, 0.25) is 0 Å². The average Bonchev–Trinajstić information content (AvgIpc) is 3.07. The predicted molar refractivity (Wildman–Crippen MR) is 109 cm³/mol. The molecule has 2 heterocycles. The van der Waals surface area contributed by atoms with Crippen LogP contribution in [0.15, 0.2) is 24.3 Å². The minimum absolute atomic E-state index is 0.177. The molecule has 0 radical (unpaired) electrons. The zero-order valence-electron chi connectivity index (χ0n) is 17.0. The van der Waals surface area contributed by atoms with Gasteiger partial charge in [-0.1, -0.05) is 38.1 Å². The molecule has 150 valence electrons. The first kappa shape index (κ1) is 20.1. The van der Waals surface area contributed by atoms with Crippen molar-refractivity contribution in [3.8, 4) is 0 Å². The molecule has 6 heteroatoms. The van der Waals surface area contributed by atoms with Crippen molar-refractivity contribution in [3.63, 3.8) is 0 Å². The van der Waals surface area contributed by atoms with Crippen molar-refractivity contribution in [2.75, 3.05) is 6.54 Å². The van der Waals surface area contributed by atoms with Crippen molar-refractivity contribution in [2.24, 2.45) is 5.92 Å². The summed E-state index contributed by atoms with van der Waals surface area (Å²) >= 11 is 0. The molecule has 0 fully saturated rings. The number of rotatable bonds is 7. The molecule has 28 heavy (non-hydrogen) atoms. The molecule has 1 aliphatic heterocycles. The van der Waals surface area contributed by atoms with E-state index in [0.717, 1.165) is 49.0 Å². The molecule has 1 aliphatic rings. The molecule has 1 aromatic heterocycles. The Morgan fingerprint density at radius 2 is 1.93 bits per heavy atom. The van der Waals surface area contributed by atoms with Crippen molar-refractivity contribution >= 4 is 11.8 Å². The van der Waals surface area contributed by atoms with Crippen LogP contribution in [0.25, 0.3) is 0 Å². The topological polar surface area (TPSA) is 76.0 Å². The second-order valence-corrected chi connectivity index (χ2v) is 7.89. The summed E-state index contributed by atoms with van der Waals surface area (Å²) in [4.78, 5) is 29.9. The Labute approximate surface area is 166 Å². The smallest absolute Gasteiger partial charge is 0.287 e. The highest BCUT2D eigenvalue weighted by Crippen LogP contribution is 2.21. The normalized spacial score (nSPS) is 13.3. The van der Waals surface area contributed by atoms with Crippen LogP contribution in [0.3, 0.4) is 0 Å². The maximum absolute atomic E-state index is 12.8. The fourth-order valence-corrected chi connectivity index (χ4v) is 3.52. The van der Waals surface area contributed by atoms with Crippen LogP contribution < -0.4 is 10.6 Å². The largest absolute Gasteiger partial charge is 0.351 e. The summed E-state index contributed by atoms with van der Waals surface area (Å²) < 4.78 is 1.92. The second-order valence-electron chi connectivity index (χ2n) is 7.89. The zero-order valence-corrected chi connectivity index (χ0v) is 17.0. The van der Waals surface area contributed by atoms with Gasteiger partial charge in [-0.3, -0.25) is 9.59 Å². The number of hydrogen-bond acceptors (Lipinski definition) is 3. The maximum Gasteiger partial charge on any atom is 0.287 e. The number of nitrogens with one attached hydrogen (secondary N) is 2.